The van der Waals surface area contributed by atoms with Gasteiger partial charge in [0.15, 0.2) is 0 Å². The van der Waals surface area contributed by atoms with Crippen molar-refractivity contribution in [2.24, 2.45) is 11.8 Å². The van der Waals surface area contributed by atoms with Crippen LogP contribution in [-0.2, 0) is 0 Å². The summed E-state index contributed by atoms with van der Waals surface area (Å²) >= 11 is 0. The van der Waals surface area contributed by atoms with Crippen molar-refractivity contribution in [2.75, 3.05) is 0 Å². The number of rotatable bonds is 2. The monoisotopic (exact) mass is 210 g/mol. The molecule has 1 fully saturated rings. The zero-order chi connectivity index (χ0) is 10.8. The predicted molar refractivity (Wildman–Crippen MR) is 47.8 cm³/mol. The minimum Gasteiger partial charge on any atom is -0.392 e. The summed E-state index contributed by atoms with van der Waals surface area (Å²) in [7, 11) is 0. The Labute approximate surface area is 82.3 Å². The average molecular weight is 210 g/mol. The van der Waals surface area contributed by atoms with Crippen LogP contribution in [0.2, 0.25) is 0 Å². The van der Waals surface area contributed by atoms with E-state index in [0.717, 1.165) is 25.7 Å². The van der Waals surface area contributed by atoms with Crippen molar-refractivity contribution in [3.8, 4) is 0 Å². The molecule has 0 heterocycles. The summed E-state index contributed by atoms with van der Waals surface area (Å²) in [6.45, 7) is 2.10. The van der Waals surface area contributed by atoms with Crippen LogP contribution in [0.1, 0.15) is 39.0 Å². The fraction of sp³-hybridized carbons (Fsp3) is 1.00. The summed E-state index contributed by atoms with van der Waals surface area (Å²) < 4.78 is 35.9. The van der Waals surface area contributed by atoms with Gasteiger partial charge in [0, 0.05) is 0 Å². The molecule has 4 heteroatoms. The van der Waals surface area contributed by atoms with Gasteiger partial charge in [0.25, 0.3) is 0 Å². The van der Waals surface area contributed by atoms with E-state index < -0.39 is 18.7 Å². The van der Waals surface area contributed by atoms with Crippen LogP contribution in [-0.4, -0.2) is 17.4 Å². The maximum absolute atomic E-state index is 12.0. The third kappa shape index (κ3) is 3.86. The number of aliphatic hydroxyl groups excluding tert-OH is 1. The molecule has 0 aromatic rings. The Morgan fingerprint density at radius 1 is 1.21 bits per heavy atom. The van der Waals surface area contributed by atoms with Gasteiger partial charge in [0.05, 0.1) is 12.5 Å². The Morgan fingerprint density at radius 2 is 1.71 bits per heavy atom. The lowest BCUT2D eigenvalue weighted by atomic mass is 9.79. The lowest BCUT2D eigenvalue weighted by molar-refractivity contribution is -0.160. The van der Waals surface area contributed by atoms with E-state index in [2.05, 4.69) is 6.92 Å². The van der Waals surface area contributed by atoms with Crippen LogP contribution < -0.4 is 0 Å². The number of hydrogen-bond donors (Lipinski definition) is 1. The number of halogens is 3. The molecule has 0 aromatic heterocycles. The normalized spacial score (nSPS) is 31.5. The smallest absolute Gasteiger partial charge is 0.391 e. The van der Waals surface area contributed by atoms with Crippen molar-refractivity contribution in [2.45, 2.75) is 51.3 Å². The Balaban J connectivity index is 2.34. The molecule has 1 aliphatic carbocycles. The zero-order valence-electron chi connectivity index (χ0n) is 8.35. The Bertz CT molecular complexity index is 171. The highest BCUT2D eigenvalue weighted by Gasteiger charge is 2.35. The first-order valence-electron chi connectivity index (χ1n) is 5.13. The fourth-order valence-electron chi connectivity index (χ4n) is 2.07. The Hall–Kier alpha value is -0.250. The van der Waals surface area contributed by atoms with Gasteiger partial charge in [-0.3, -0.25) is 0 Å². The van der Waals surface area contributed by atoms with Crippen molar-refractivity contribution in [1.82, 2.24) is 0 Å². The van der Waals surface area contributed by atoms with E-state index in [1.54, 1.807) is 0 Å². The second kappa shape index (κ2) is 4.51. The molecule has 0 amide bonds. The SMILES string of the molecule is CC1CCC(C(O)CC(F)(F)F)CC1. The van der Waals surface area contributed by atoms with Crippen LogP contribution in [0.4, 0.5) is 13.2 Å². The second-order valence-corrected chi connectivity index (χ2v) is 4.41. The van der Waals surface area contributed by atoms with Crippen LogP contribution in [0, 0.1) is 11.8 Å². The van der Waals surface area contributed by atoms with Crippen LogP contribution in [0.15, 0.2) is 0 Å². The largest absolute Gasteiger partial charge is 0.392 e. The Kier molecular flexibility index (Phi) is 3.81. The maximum Gasteiger partial charge on any atom is 0.391 e. The highest BCUT2D eigenvalue weighted by Crippen LogP contribution is 2.34. The molecule has 84 valence electrons. The molecule has 1 saturated carbocycles. The van der Waals surface area contributed by atoms with E-state index in [4.69, 9.17) is 0 Å². The minimum absolute atomic E-state index is 0.146. The second-order valence-electron chi connectivity index (χ2n) is 4.41. The topological polar surface area (TPSA) is 20.2 Å². The van der Waals surface area contributed by atoms with E-state index in [0.29, 0.717) is 5.92 Å². The van der Waals surface area contributed by atoms with Crippen molar-refractivity contribution in [3.05, 3.63) is 0 Å². The zero-order valence-corrected chi connectivity index (χ0v) is 8.35. The first kappa shape index (κ1) is 11.8. The molecule has 1 nitrogen and oxygen atoms in total. The van der Waals surface area contributed by atoms with Crippen molar-refractivity contribution >= 4 is 0 Å². The first-order chi connectivity index (χ1) is 6.38. The molecule has 0 bridgehead atoms. The van der Waals surface area contributed by atoms with Gasteiger partial charge >= 0.3 is 6.18 Å². The summed E-state index contributed by atoms with van der Waals surface area (Å²) in [6, 6.07) is 0. The molecule has 0 saturated heterocycles. The van der Waals surface area contributed by atoms with Crippen LogP contribution >= 0.6 is 0 Å². The molecular weight excluding hydrogens is 193 g/mol. The number of aliphatic hydroxyl groups is 1. The molecular formula is C10H17F3O. The van der Waals surface area contributed by atoms with Gasteiger partial charge in [-0.05, 0) is 24.7 Å². The third-order valence-corrected chi connectivity index (χ3v) is 3.05. The Morgan fingerprint density at radius 3 is 2.14 bits per heavy atom. The minimum atomic E-state index is -4.23. The number of alkyl halides is 3. The van der Waals surface area contributed by atoms with Gasteiger partial charge in [0.2, 0.25) is 0 Å². The van der Waals surface area contributed by atoms with Gasteiger partial charge in [-0.15, -0.1) is 0 Å². The lowest BCUT2D eigenvalue weighted by Crippen LogP contribution is -2.29. The fourth-order valence-corrected chi connectivity index (χ4v) is 2.07. The first-order valence-corrected chi connectivity index (χ1v) is 5.13. The molecule has 1 unspecified atom stereocenters. The van der Waals surface area contributed by atoms with Crippen LogP contribution in [0.25, 0.3) is 0 Å². The molecule has 1 atom stereocenters. The average Bonchev–Trinajstić information content (AvgIpc) is 2.02. The summed E-state index contributed by atoms with van der Waals surface area (Å²) in [5, 5.41) is 9.38. The van der Waals surface area contributed by atoms with E-state index in [1.165, 1.54) is 0 Å². The quantitative estimate of drug-likeness (QED) is 0.742. The van der Waals surface area contributed by atoms with E-state index in [9.17, 15) is 18.3 Å². The highest BCUT2D eigenvalue weighted by molar-refractivity contribution is 4.77. The van der Waals surface area contributed by atoms with Crippen LogP contribution in [0.5, 0.6) is 0 Å². The highest BCUT2D eigenvalue weighted by atomic mass is 19.4. The van der Waals surface area contributed by atoms with Gasteiger partial charge in [-0.25, -0.2) is 0 Å². The third-order valence-electron chi connectivity index (χ3n) is 3.05. The summed E-state index contributed by atoms with van der Waals surface area (Å²) in [4.78, 5) is 0. The van der Waals surface area contributed by atoms with E-state index in [-0.39, 0.29) is 5.92 Å². The molecule has 0 aromatic carbocycles. The predicted octanol–water partition coefficient (Wildman–Crippen LogP) is 3.13. The van der Waals surface area contributed by atoms with Crippen LogP contribution in [0.3, 0.4) is 0 Å². The van der Waals surface area contributed by atoms with E-state index in [1.807, 2.05) is 0 Å². The van der Waals surface area contributed by atoms with Gasteiger partial charge < -0.3 is 5.11 Å². The summed E-state index contributed by atoms with van der Waals surface area (Å²) in [5.41, 5.74) is 0. The van der Waals surface area contributed by atoms with Gasteiger partial charge in [-0.1, -0.05) is 19.8 Å². The molecule has 0 aliphatic heterocycles. The van der Waals surface area contributed by atoms with E-state index >= 15 is 0 Å². The van der Waals surface area contributed by atoms with Crippen molar-refractivity contribution in [1.29, 1.82) is 0 Å². The summed E-state index contributed by atoms with van der Waals surface area (Å²) in [5.74, 6) is 0.456. The molecule has 1 N–H and O–H groups in total. The van der Waals surface area contributed by atoms with Crippen molar-refractivity contribution in [3.63, 3.8) is 0 Å². The lowest BCUT2D eigenvalue weighted by Gasteiger charge is -2.30. The van der Waals surface area contributed by atoms with Gasteiger partial charge in [0.1, 0.15) is 0 Å². The standard InChI is InChI=1S/C10H17F3O/c1-7-2-4-8(5-3-7)9(14)6-10(11,12)13/h7-9,14H,2-6H2,1H3. The molecule has 1 rings (SSSR count). The molecule has 0 radical (unpaired) electrons. The maximum atomic E-state index is 12.0. The summed E-state index contributed by atoms with van der Waals surface area (Å²) in [6.07, 6.45) is -3.12. The van der Waals surface area contributed by atoms with Gasteiger partial charge in [-0.2, -0.15) is 13.2 Å². The van der Waals surface area contributed by atoms with Crippen molar-refractivity contribution < 1.29 is 18.3 Å². The number of hydrogen-bond acceptors (Lipinski definition) is 1. The molecule has 14 heavy (non-hydrogen) atoms. The molecule has 1 aliphatic rings. The molecule has 0 spiro atoms.